The molecule has 0 saturated heterocycles. The lowest BCUT2D eigenvalue weighted by Gasteiger charge is -2.53. The molecule has 7 heteroatoms. The second kappa shape index (κ2) is 8.17. The number of carbonyl (C=O) groups is 1. The Bertz CT molecular complexity index is 818. The fraction of sp³-hybridized carbons (Fsp3) is 0.696. The van der Waals surface area contributed by atoms with E-state index >= 15 is 0 Å². The Morgan fingerprint density at radius 3 is 2.73 bits per heavy atom. The molecule has 1 saturated carbocycles. The minimum atomic E-state index is -1.04. The van der Waals surface area contributed by atoms with Crippen LogP contribution in [0.3, 0.4) is 0 Å². The van der Waals surface area contributed by atoms with Crippen LogP contribution in [-0.4, -0.2) is 33.8 Å². The summed E-state index contributed by atoms with van der Waals surface area (Å²) in [4.78, 5) is 26.7. The van der Waals surface area contributed by atoms with Crippen LogP contribution in [0.25, 0.3) is 0 Å². The van der Waals surface area contributed by atoms with Crippen molar-refractivity contribution in [3.63, 3.8) is 0 Å². The van der Waals surface area contributed by atoms with Gasteiger partial charge in [-0.2, -0.15) is 0 Å². The van der Waals surface area contributed by atoms with E-state index in [-0.39, 0.29) is 23.7 Å². The van der Waals surface area contributed by atoms with Crippen molar-refractivity contribution < 1.29 is 24.6 Å². The summed E-state index contributed by atoms with van der Waals surface area (Å²) in [5.41, 5.74) is 0.150. The molecule has 2 aliphatic rings. The van der Waals surface area contributed by atoms with Crippen LogP contribution < -0.4 is 4.74 Å². The highest BCUT2D eigenvalue weighted by atomic mass is 16.9. The third kappa shape index (κ3) is 4.31. The first-order chi connectivity index (χ1) is 14.0. The Hall–Kier alpha value is -2.15. The average molecular weight is 420 g/mol. The minimum absolute atomic E-state index is 0.0946. The zero-order chi connectivity index (χ0) is 22.2. The summed E-state index contributed by atoms with van der Waals surface area (Å²) < 4.78 is 6.30. The summed E-state index contributed by atoms with van der Waals surface area (Å²) in [5, 5.41) is 20.9. The summed E-state index contributed by atoms with van der Waals surface area (Å²) in [6.07, 6.45) is 4.57. The quantitative estimate of drug-likeness (QED) is 0.379. The van der Waals surface area contributed by atoms with Gasteiger partial charge in [0.15, 0.2) is 0 Å². The summed E-state index contributed by atoms with van der Waals surface area (Å²) in [6, 6.07) is 6.16. The van der Waals surface area contributed by atoms with E-state index in [4.69, 9.17) is 4.74 Å². The van der Waals surface area contributed by atoms with E-state index in [1.807, 2.05) is 19.9 Å². The van der Waals surface area contributed by atoms with Crippen LogP contribution in [0.4, 0.5) is 0 Å². The van der Waals surface area contributed by atoms with Crippen LogP contribution in [0.5, 0.6) is 5.75 Å². The summed E-state index contributed by atoms with van der Waals surface area (Å²) in [7, 11) is 0. The highest BCUT2D eigenvalue weighted by Crippen LogP contribution is 2.54. The molecule has 0 aromatic heterocycles. The van der Waals surface area contributed by atoms with Crippen molar-refractivity contribution in [2.75, 3.05) is 6.61 Å². The van der Waals surface area contributed by atoms with Gasteiger partial charge in [0.25, 0.3) is 5.09 Å². The standard InChI is InChI=1S/C23H33NO6/c1-21(2,11-6-5-7-13-29-24(27)28)16-8-9-18-19-15-17(25)10-12-23(19,26)22(3,4)30-20(18)14-16/h8-9,14,19,26H,5-7,10-13,15H2,1-4H3/t19-,23-/m1/s1. The molecule has 3 rings (SSSR count). The molecule has 1 aliphatic heterocycles. The van der Waals surface area contributed by atoms with Gasteiger partial charge in [0.1, 0.15) is 22.7 Å². The largest absolute Gasteiger partial charge is 0.485 e. The number of Topliss-reactive ketones (excluding diaryl/α,β-unsaturated/α-hetero) is 1. The van der Waals surface area contributed by atoms with Gasteiger partial charge in [-0.25, -0.2) is 0 Å². The summed E-state index contributed by atoms with van der Waals surface area (Å²) in [6.45, 7) is 8.30. The Morgan fingerprint density at radius 1 is 1.30 bits per heavy atom. The first kappa shape index (κ1) is 22.5. The number of hydrogen-bond acceptors (Lipinski definition) is 6. The van der Waals surface area contributed by atoms with Gasteiger partial charge < -0.3 is 14.7 Å². The van der Waals surface area contributed by atoms with Crippen molar-refractivity contribution in [2.24, 2.45) is 0 Å². The Morgan fingerprint density at radius 2 is 2.03 bits per heavy atom. The average Bonchev–Trinajstić information content (AvgIpc) is 2.65. The van der Waals surface area contributed by atoms with E-state index in [0.717, 1.165) is 36.1 Å². The van der Waals surface area contributed by atoms with Crippen LogP contribution in [0.1, 0.15) is 89.7 Å². The zero-order valence-electron chi connectivity index (χ0n) is 18.4. The van der Waals surface area contributed by atoms with E-state index < -0.39 is 16.3 Å². The number of rotatable bonds is 8. The highest BCUT2D eigenvalue weighted by Gasteiger charge is 2.57. The van der Waals surface area contributed by atoms with Gasteiger partial charge in [-0.05, 0) is 50.2 Å². The third-order valence-electron chi connectivity index (χ3n) is 7.01. The van der Waals surface area contributed by atoms with Gasteiger partial charge >= 0.3 is 0 Å². The molecule has 1 N–H and O–H groups in total. The fourth-order valence-electron chi connectivity index (χ4n) is 4.91. The number of carbonyl (C=O) groups excluding carboxylic acids is 1. The van der Waals surface area contributed by atoms with Crippen molar-refractivity contribution >= 4 is 5.78 Å². The van der Waals surface area contributed by atoms with E-state index in [1.165, 1.54) is 0 Å². The van der Waals surface area contributed by atoms with Crippen LogP contribution in [0.2, 0.25) is 0 Å². The van der Waals surface area contributed by atoms with E-state index in [9.17, 15) is 20.0 Å². The Kier molecular flexibility index (Phi) is 6.14. The molecule has 1 heterocycles. The lowest BCUT2D eigenvalue weighted by Crippen LogP contribution is -2.62. The van der Waals surface area contributed by atoms with Crippen molar-refractivity contribution in [3.05, 3.63) is 39.4 Å². The normalized spacial score (nSPS) is 25.1. The van der Waals surface area contributed by atoms with Crippen LogP contribution in [0.15, 0.2) is 18.2 Å². The number of fused-ring (bicyclic) bond motifs is 3. The SMILES string of the molecule is CC(C)(CCCCCO[N+](=O)[O-])c1ccc2c(c1)OC(C)(C)[C@@]1(O)CCC(=O)C[C@H]21. The number of aliphatic hydroxyl groups is 1. The van der Waals surface area contributed by atoms with Crippen LogP contribution in [0, 0.1) is 10.1 Å². The lowest BCUT2D eigenvalue weighted by atomic mass is 9.62. The number of ketones is 1. The molecule has 0 amide bonds. The van der Waals surface area contributed by atoms with Gasteiger partial charge in [0.2, 0.25) is 0 Å². The molecule has 0 unspecified atom stereocenters. The molecule has 166 valence electrons. The highest BCUT2D eigenvalue weighted by molar-refractivity contribution is 5.81. The zero-order valence-corrected chi connectivity index (χ0v) is 18.4. The monoisotopic (exact) mass is 419 g/mol. The molecular formula is C23H33NO6. The number of nitrogens with zero attached hydrogens (tertiary/aromatic N) is 1. The topological polar surface area (TPSA) is 98.9 Å². The van der Waals surface area contributed by atoms with Gasteiger partial charge in [-0.15, -0.1) is 10.1 Å². The molecule has 30 heavy (non-hydrogen) atoms. The van der Waals surface area contributed by atoms with E-state index in [2.05, 4.69) is 30.8 Å². The van der Waals surface area contributed by atoms with Gasteiger partial charge in [0.05, 0.1) is 6.61 Å². The molecule has 0 radical (unpaired) electrons. The summed E-state index contributed by atoms with van der Waals surface area (Å²) >= 11 is 0. The molecule has 0 spiro atoms. The van der Waals surface area contributed by atoms with Crippen molar-refractivity contribution in [1.29, 1.82) is 0 Å². The smallest absolute Gasteiger partial charge is 0.294 e. The predicted molar refractivity (Wildman–Crippen MR) is 112 cm³/mol. The molecule has 1 aromatic carbocycles. The van der Waals surface area contributed by atoms with E-state index in [1.54, 1.807) is 0 Å². The number of unbranched alkanes of at least 4 members (excludes halogenated alkanes) is 2. The third-order valence-corrected chi connectivity index (χ3v) is 7.01. The predicted octanol–water partition coefficient (Wildman–Crippen LogP) is 4.47. The molecule has 2 atom stereocenters. The molecule has 1 aromatic rings. The van der Waals surface area contributed by atoms with Crippen LogP contribution >= 0.6 is 0 Å². The van der Waals surface area contributed by atoms with Gasteiger partial charge in [-0.1, -0.05) is 38.8 Å². The number of hydrogen-bond donors (Lipinski definition) is 1. The number of ether oxygens (including phenoxy) is 1. The molecule has 7 nitrogen and oxygen atoms in total. The van der Waals surface area contributed by atoms with Crippen LogP contribution in [-0.2, 0) is 15.0 Å². The minimum Gasteiger partial charge on any atom is -0.485 e. The Balaban J connectivity index is 1.74. The van der Waals surface area contributed by atoms with E-state index in [0.29, 0.717) is 25.7 Å². The summed E-state index contributed by atoms with van der Waals surface area (Å²) in [5.74, 6) is 0.712. The van der Waals surface area contributed by atoms with Crippen molar-refractivity contribution in [2.45, 2.75) is 95.2 Å². The van der Waals surface area contributed by atoms with Gasteiger partial charge in [0, 0.05) is 24.3 Å². The van der Waals surface area contributed by atoms with Gasteiger partial charge in [-0.3, -0.25) is 4.79 Å². The molecular weight excluding hydrogens is 386 g/mol. The van der Waals surface area contributed by atoms with Crippen molar-refractivity contribution in [1.82, 2.24) is 0 Å². The fourth-order valence-corrected chi connectivity index (χ4v) is 4.91. The Labute approximate surface area is 177 Å². The maximum absolute atomic E-state index is 12.1. The number of benzene rings is 1. The molecule has 0 bridgehead atoms. The lowest BCUT2D eigenvalue weighted by molar-refractivity contribution is -0.757. The van der Waals surface area contributed by atoms with Crippen molar-refractivity contribution in [3.8, 4) is 5.75 Å². The first-order valence-electron chi connectivity index (χ1n) is 10.8. The molecule has 1 aliphatic carbocycles. The molecule has 1 fully saturated rings. The maximum Gasteiger partial charge on any atom is 0.294 e. The second-order valence-electron chi connectivity index (χ2n) is 9.84. The maximum atomic E-state index is 12.1. The second-order valence-corrected chi connectivity index (χ2v) is 9.84. The first-order valence-corrected chi connectivity index (χ1v) is 10.8.